The van der Waals surface area contributed by atoms with E-state index in [1.54, 1.807) is 12.5 Å². The van der Waals surface area contributed by atoms with E-state index in [1.165, 1.54) is 12.8 Å². The minimum absolute atomic E-state index is 0.208. The maximum absolute atomic E-state index is 5.78. The van der Waals surface area contributed by atoms with Crippen LogP contribution in [0.25, 0.3) is 0 Å². The van der Waals surface area contributed by atoms with Gasteiger partial charge in [0.1, 0.15) is 6.33 Å². The van der Waals surface area contributed by atoms with Crippen molar-refractivity contribution >= 4 is 0 Å². The number of hydrogen-bond donors (Lipinski definition) is 1. The van der Waals surface area contributed by atoms with Crippen LogP contribution in [0.2, 0.25) is 0 Å². The summed E-state index contributed by atoms with van der Waals surface area (Å²) in [4.78, 5) is 10.4. The van der Waals surface area contributed by atoms with Crippen molar-refractivity contribution in [3.63, 3.8) is 0 Å². The van der Waals surface area contributed by atoms with E-state index in [-0.39, 0.29) is 6.04 Å². The molecule has 15 heavy (non-hydrogen) atoms. The van der Waals surface area contributed by atoms with Crippen LogP contribution in [0, 0.1) is 0 Å². The summed E-state index contributed by atoms with van der Waals surface area (Å²) < 4.78 is 0. The standard InChI is InChI=1S/C11H20N4/c1-3-4-7-15(2)11(8-12)10-5-6-13-9-14-10/h5-6,9,11H,3-4,7-8,12H2,1-2H3. The molecule has 4 nitrogen and oxygen atoms in total. The van der Waals surface area contributed by atoms with Gasteiger partial charge >= 0.3 is 0 Å². The van der Waals surface area contributed by atoms with Gasteiger partial charge in [-0.2, -0.15) is 0 Å². The summed E-state index contributed by atoms with van der Waals surface area (Å²) in [6, 6.07) is 2.14. The molecule has 0 bridgehead atoms. The Morgan fingerprint density at radius 2 is 2.33 bits per heavy atom. The van der Waals surface area contributed by atoms with Crippen LogP contribution in [-0.4, -0.2) is 35.0 Å². The largest absolute Gasteiger partial charge is 0.329 e. The molecule has 1 rings (SSSR count). The van der Waals surface area contributed by atoms with Gasteiger partial charge in [0.2, 0.25) is 0 Å². The first-order valence-electron chi connectivity index (χ1n) is 5.45. The van der Waals surface area contributed by atoms with Gasteiger partial charge in [-0.15, -0.1) is 0 Å². The van der Waals surface area contributed by atoms with Gasteiger partial charge in [-0.3, -0.25) is 4.90 Å². The first kappa shape index (κ1) is 12.1. The van der Waals surface area contributed by atoms with Crippen LogP contribution in [0.3, 0.4) is 0 Å². The molecule has 1 atom stereocenters. The summed E-state index contributed by atoms with van der Waals surface area (Å²) in [5.74, 6) is 0. The lowest BCUT2D eigenvalue weighted by Gasteiger charge is -2.26. The van der Waals surface area contributed by atoms with Crippen molar-refractivity contribution in [3.8, 4) is 0 Å². The Balaban J connectivity index is 2.63. The van der Waals surface area contributed by atoms with E-state index in [0.717, 1.165) is 12.2 Å². The fourth-order valence-electron chi connectivity index (χ4n) is 1.59. The minimum atomic E-state index is 0.208. The molecule has 0 aliphatic heterocycles. The summed E-state index contributed by atoms with van der Waals surface area (Å²) in [7, 11) is 2.09. The molecule has 0 amide bonds. The lowest BCUT2D eigenvalue weighted by atomic mass is 10.1. The Bertz CT molecular complexity index is 263. The summed E-state index contributed by atoms with van der Waals surface area (Å²) in [6.45, 7) is 3.84. The van der Waals surface area contributed by atoms with Gasteiger partial charge in [-0.1, -0.05) is 13.3 Å². The van der Waals surface area contributed by atoms with Crippen molar-refractivity contribution in [1.82, 2.24) is 14.9 Å². The third kappa shape index (κ3) is 3.57. The van der Waals surface area contributed by atoms with E-state index in [2.05, 4.69) is 28.8 Å². The summed E-state index contributed by atoms with van der Waals surface area (Å²) in [5.41, 5.74) is 6.78. The van der Waals surface area contributed by atoms with Gasteiger partial charge < -0.3 is 5.73 Å². The Morgan fingerprint density at radius 1 is 1.53 bits per heavy atom. The highest BCUT2D eigenvalue weighted by atomic mass is 15.1. The van der Waals surface area contributed by atoms with Crippen molar-refractivity contribution < 1.29 is 0 Å². The number of hydrogen-bond acceptors (Lipinski definition) is 4. The zero-order valence-corrected chi connectivity index (χ0v) is 9.56. The highest BCUT2D eigenvalue weighted by Crippen LogP contribution is 2.15. The van der Waals surface area contributed by atoms with Gasteiger partial charge in [0.25, 0.3) is 0 Å². The van der Waals surface area contributed by atoms with E-state index >= 15 is 0 Å². The molecule has 0 fully saturated rings. The number of nitrogens with two attached hydrogens (primary N) is 1. The predicted octanol–water partition coefficient (Wildman–Crippen LogP) is 1.21. The van der Waals surface area contributed by atoms with E-state index in [4.69, 9.17) is 5.73 Å². The van der Waals surface area contributed by atoms with Crippen molar-refractivity contribution in [3.05, 3.63) is 24.3 Å². The van der Waals surface area contributed by atoms with Crippen LogP contribution in [0.15, 0.2) is 18.6 Å². The van der Waals surface area contributed by atoms with E-state index in [1.807, 2.05) is 6.07 Å². The molecule has 0 aliphatic carbocycles. The molecule has 4 heteroatoms. The Morgan fingerprint density at radius 3 is 2.87 bits per heavy atom. The molecule has 0 spiro atoms. The third-order valence-corrected chi connectivity index (χ3v) is 2.57. The van der Waals surface area contributed by atoms with Crippen LogP contribution < -0.4 is 5.73 Å². The average molecular weight is 208 g/mol. The Labute approximate surface area is 91.5 Å². The van der Waals surface area contributed by atoms with Crippen molar-refractivity contribution in [2.45, 2.75) is 25.8 Å². The maximum atomic E-state index is 5.78. The second kappa shape index (κ2) is 6.48. The summed E-state index contributed by atoms with van der Waals surface area (Å²) in [6.07, 6.45) is 5.73. The number of likely N-dealkylation sites (N-methyl/N-ethyl adjacent to an activating group) is 1. The quantitative estimate of drug-likeness (QED) is 0.763. The first-order valence-corrected chi connectivity index (χ1v) is 5.45. The topological polar surface area (TPSA) is 55.0 Å². The molecule has 0 radical (unpaired) electrons. The van der Waals surface area contributed by atoms with Gasteiger partial charge in [-0.05, 0) is 26.1 Å². The highest BCUT2D eigenvalue weighted by molar-refractivity contribution is 5.05. The number of nitrogens with zero attached hydrogens (tertiary/aromatic N) is 3. The molecule has 0 saturated heterocycles. The molecule has 0 saturated carbocycles. The Kier molecular flexibility index (Phi) is 5.21. The molecule has 1 unspecified atom stereocenters. The van der Waals surface area contributed by atoms with Gasteiger partial charge in [-0.25, -0.2) is 9.97 Å². The fraction of sp³-hybridized carbons (Fsp3) is 0.636. The number of rotatable bonds is 6. The molecule has 1 aromatic heterocycles. The van der Waals surface area contributed by atoms with Crippen LogP contribution >= 0.6 is 0 Å². The van der Waals surface area contributed by atoms with Gasteiger partial charge in [0.05, 0.1) is 11.7 Å². The Hall–Kier alpha value is -1.00. The maximum Gasteiger partial charge on any atom is 0.115 e. The summed E-state index contributed by atoms with van der Waals surface area (Å²) in [5, 5.41) is 0. The van der Waals surface area contributed by atoms with Gasteiger partial charge in [0.15, 0.2) is 0 Å². The van der Waals surface area contributed by atoms with Crippen LogP contribution in [0.5, 0.6) is 0 Å². The van der Waals surface area contributed by atoms with Crippen LogP contribution in [0.1, 0.15) is 31.5 Å². The lowest BCUT2D eigenvalue weighted by Crippen LogP contribution is -2.31. The molecule has 84 valence electrons. The number of aromatic nitrogens is 2. The smallest absolute Gasteiger partial charge is 0.115 e. The zero-order chi connectivity index (χ0) is 11.1. The highest BCUT2D eigenvalue weighted by Gasteiger charge is 2.15. The number of unbranched alkanes of at least 4 members (excludes halogenated alkanes) is 1. The SMILES string of the molecule is CCCCN(C)C(CN)c1ccncn1. The molecule has 1 heterocycles. The molecule has 1 aromatic rings. The normalized spacial score (nSPS) is 13.1. The fourth-order valence-corrected chi connectivity index (χ4v) is 1.59. The minimum Gasteiger partial charge on any atom is -0.329 e. The second-order valence-electron chi connectivity index (χ2n) is 3.72. The molecule has 0 aromatic carbocycles. The van der Waals surface area contributed by atoms with E-state index < -0.39 is 0 Å². The van der Waals surface area contributed by atoms with Crippen LogP contribution in [-0.2, 0) is 0 Å². The molecule has 0 aliphatic rings. The average Bonchev–Trinajstić information content (AvgIpc) is 2.29. The molecular weight excluding hydrogens is 188 g/mol. The van der Waals surface area contributed by atoms with Crippen molar-refractivity contribution in [2.75, 3.05) is 20.1 Å². The van der Waals surface area contributed by atoms with E-state index in [0.29, 0.717) is 6.54 Å². The second-order valence-corrected chi connectivity index (χ2v) is 3.72. The zero-order valence-electron chi connectivity index (χ0n) is 9.56. The predicted molar refractivity (Wildman–Crippen MR) is 61.4 cm³/mol. The molecule has 2 N–H and O–H groups in total. The van der Waals surface area contributed by atoms with Crippen LogP contribution in [0.4, 0.5) is 0 Å². The monoisotopic (exact) mass is 208 g/mol. The first-order chi connectivity index (χ1) is 7.29. The van der Waals surface area contributed by atoms with Crippen molar-refractivity contribution in [1.29, 1.82) is 0 Å². The molecular formula is C11H20N4. The van der Waals surface area contributed by atoms with Crippen molar-refractivity contribution in [2.24, 2.45) is 5.73 Å². The van der Waals surface area contributed by atoms with E-state index in [9.17, 15) is 0 Å². The van der Waals surface area contributed by atoms with Gasteiger partial charge in [0, 0.05) is 12.7 Å². The summed E-state index contributed by atoms with van der Waals surface area (Å²) >= 11 is 0. The third-order valence-electron chi connectivity index (χ3n) is 2.57. The lowest BCUT2D eigenvalue weighted by molar-refractivity contribution is 0.242.